The number of hydrogen-bond acceptors (Lipinski definition) is 4. The lowest BCUT2D eigenvalue weighted by molar-refractivity contribution is -0.133. The zero-order chi connectivity index (χ0) is 24.1. The van der Waals surface area contributed by atoms with Crippen LogP contribution in [0.2, 0.25) is 0 Å². The van der Waals surface area contributed by atoms with Gasteiger partial charge in [0.05, 0.1) is 13.7 Å². The third kappa shape index (κ3) is 4.88. The molecule has 0 aliphatic carbocycles. The Morgan fingerprint density at radius 3 is 2.47 bits per heavy atom. The number of hydrogen-bond donors (Lipinski definition) is 1. The van der Waals surface area contributed by atoms with Crippen LogP contribution in [0.3, 0.4) is 0 Å². The second kappa shape index (κ2) is 10.6. The maximum atomic E-state index is 13.4. The van der Waals surface area contributed by atoms with Crippen molar-refractivity contribution in [2.75, 3.05) is 39.9 Å². The van der Waals surface area contributed by atoms with Crippen LogP contribution in [0, 0.1) is 0 Å². The van der Waals surface area contributed by atoms with Gasteiger partial charge in [0, 0.05) is 55.6 Å². The molecule has 2 aromatic carbocycles. The van der Waals surface area contributed by atoms with Crippen molar-refractivity contribution in [3.05, 3.63) is 65.4 Å². The maximum Gasteiger partial charge on any atom is 0.409 e. The van der Waals surface area contributed by atoms with E-state index in [4.69, 9.17) is 9.47 Å². The number of fused-ring (bicyclic) bond motifs is 1. The van der Waals surface area contributed by atoms with E-state index in [2.05, 4.69) is 36.2 Å². The van der Waals surface area contributed by atoms with Crippen molar-refractivity contribution in [1.29, 1.82) is 0 Å². The maximum absolute atomic E-state index is 13.4. The van der Waals surface area contributed by atoms with Crippen LogP contribution in [0.25, 0.3) is 10.9 Å². The van der Waals surface area contributed by atoms with Crippen molar-refractivity contribution in [3.8, 4) is 5.75 Å². The molecule has 7 nitrogen and oxygen atoms in total. The van der Waals surface area contributed by atoms with Gasteiger partial charge >= 0.3 is 6.09 Å². The number of aromatic nitrogens is 1. The summed E-state index contributed by atoms with van der Waals surface area (Å²) in [5.41, 5.74) is 4.54. The summed E-state index contributed by atoms with van der Waals surface area (Å²) in [5.74, 6) is 0.732. The number of benzene rings is 2. The van der Waals surface area contributed by atoms with E-state index in [0.29, 0.717) is 39.2 Å². The largest absolute Gasteiger partial charge is 0.497 e. The Bertz CT molecular complexity index is 1150. The molecule has 3 aromatic rings. The van der Waals surface area contributed by atoms with Crippen LogP contribution in [0.15, 0.2) is 48.7 Å². The highest BCUT2D eigenvalue weighted by atomic mass is 16.6. The third-order valence-electron chi connectivity index (χ3n) is 6.62. The van der Waals surface area contributed by atoms with Crippen LogP contribution in [0.5, 0.6) is 5.75 Å². The number of piperazine rings is 1. The van der Waals surface area contributed by atoms with Crippen LogP contribution >= 0.6 is 0 Å². The van der Waals surface area contributed by atoms with E-state index in [1.54, 1.807) is 18.9 Å². The minimum Gasteiger partial charge on any atom is -0.497 e. The highest BCUT2D eigenvalue weighted by Gasteiger charge is 2.28. The monoisotopic (exact) mass is 463 g/mol. The minimum atomic E-state index is -0.311. The number of amides is 2. The van der Waals surface area contributed by atoms with Crippen molar-refractivity contribution in [1.82, 2.24) is 14.8 Å². The Labute approximate surface area is 200 Å². The number of nitrogens with zero attached hydrogens (tertiary/aromatic N) is 2. The number of carbonyl (C=O) groups excluding carboxylic acids is 2. The molecule has 1 aliphatic rings. The number of para-hydroxylation sites is 1. The van der Waals surface area contributed by atoms with E-state index in [0.717, 1.165) is 34.2 Å². The molecular weight excluding hydrogens is 430 g/mol. The van der Waals surface area contributed by atoms with E-state index in [1.165, 1.54) is 5.56 Å². The molecule has 1 atom stereocenters. The highest BCUT2D eigenvalue weighted by molar-refractivity contribution is 5.88. The summed E-state index contributed by atoms with van der Waals surface area (Å²) in [5, 5.41) is 1.15. The third-order valence-corrected chi connectivity index (χ3v) is 6.62. The van der Waals surface area contributed by atoms with E-state index in [1.807, 2.05) is 29.3 Å². The van der Waals surface area contributed by atoms with Gasteiger partial charge in [0.2, 0.25) is 5.91 Å². The zero-order valence-corrected chi connectivity index (χ0v) is 20.2. The molecule has 1 N–H and O–H groups in total. The number of methoxy groups -OCH3 is 1. The number of carbonyl (C=O) groups is 2. The molecule has 0 radical (unpaired) electrons. The molecule has 1 saturated heterocycles. The number of rotatable bonds is 7. The second-order valence-electron chi connectivity index (χ2n) is 8.54. The first-order valence-electron chi connectivity index (χ1n) is 12.0. The van der Waals surface area contributed by atoms with Crippen LogP contribution in [-0.4, -0.2) is 66.7 Å². The lowest BCUT2D eigenvalue weighted by atomic mass is 9.87. The fourth-order valence-electron chi connectivity index (χ4n) is 4.74. The molecule has 34 heavy (non-hydrogen) atoms. The fraction of sp³-hybridized carbons (Fsp3) is 0.407. The van der Waals surface area contributed by atoms with Gasteiger partial charge in [0.25, 0.3) is 0 Å². The van der Waals surface area contributed by atoms with Crippen molar-refractivity contribution in [2.24, 2.45) is 0 Å². The number of aromatic amines is 1. The summed E-state index contributed by atoms with van der Waals surface area (Å²) < 4.78 is 10.6. The first-order valence-corrected chi connectivity index (χ1v) is 12.0. The molecule has 4 rings (SSSR count). The summed E-state index contributed by atoms with van der Waals surface area (Å²) >= 11 is 0. The summed E-state index contributed by atoms with van der Waals surface area (Å²) in [7, 11) is 1.65. The average Bonchev–Trinajstić information content (AvgIpc) is 3.31. The number of aryl methyl sites for hydroxylation is 1. The minimum absolute atomic E-state index is 0.0809. The first-order chi connectivity index (χ1) is 16.5. The van der Waals surface area contributed by atoms with E-state index < -0.39 is 0 Å². The van der Waals surface area contributed by atoms with Gasteiger partial charge in [0.15, 0.2) is 0 Å². The molecule has 7 heteroatoms. The topological polar surface area (TPSA) is 74.9 Å². The summed E-state index contributed by atoms with van der Waals surface area (Å²) in [4.78, 5) is 32.4. The summed E-state index contributed by atoms with van der Waals surface area (Å²) in [6, 6.07) is 14.3. The lowest BCUT2D eigenvalue weighted by Crippen LogP contribution is -2.50. The molecule has 2 heterocycles. The van der Waals surface area contributed by atoms with E-state index >= 15 is 0 Å². The van der Waals surface area contributed by atoms with Crippen molar-refractivity contribution < 1.29 is 19.1 Å². The van der Waals surface area contributed by atoms with Crippen LogP contribution in [0.4, 0.5) is 4.79 Å². The lowest BCUT2D eigenvalue weighted by Gasteiger charge is -2.34. The molecule has 1 fully saturated rings. The van der Waals surface area contributed by atoms with Gasteiger partial charge in [-0.05, 0) is 42.2 Å². The Kier molecular flexibility index (Phi) is 7.40. The molecule has 2 amide bonds. The molecule has 0 saturated carbocycles. The predicted octanol–water partition coefficient (Wildman–Crippen LogP) is 4.56. The van der Waals surface area contributed by atoms with Gasteiger partial charge in [-0.3, -0.25) is 4.79 Å². The van der Waals surface area contributed by atoms with Gasteiger partial charge in [-0.25, -0.2) is 4.79 Å². The normalized spacial score (nSPS) is 14.8. The molecule has 180 valence electrons. The summed E-state index contributed by atoms with van der Waals surface area (Å²) in [6.07, 6.45) is 3.01. The highest BCUT2D eigenvalue weighted by Crippen LogP contribution is 2.36. The van der Waals surface area contributed by atoms with Gasteiger partial charge in [-0.1, -0.05) is 37.3 Å². The summed E-state index contributed by atoms with van der Waals surface area (Å²) in [6.45, 7) is 6.29. The van der Waals surface area contributed by atoms with Crippen LogP contribution in [0.1, 0.15) is 42.9 Å². The fourth-order valence-corrected chi connectivity index (χ4v) is 4.74. The van der Waals surface area contributed by atoms with Crippen molar-refractivity contribution in [2.45, 2.75) is 32.6 Å². The molecule has 1 unspecified atom stereocenters. The Hall–Kier alpha value is -3.48. The quantitative estimate of drug-likeness (QED) is 0.557. The molecule has 1 aliphatic heterocycles. The predicted molar refractivity (Wildman–Crippen MR) is 132 cm³/mol. The smallest absolute Gasteiger partial charge is 0.409 e. The number of H-pyrrole nitrogens is 1. The van der Waals surface area contributed by atoms with Gasteiger partial charge < -0.3 is 24.3 Å². The Morgan fingerprint density at radius 2 is 1.76 bits per heavy atom. The molecular formula is C27H33N3O4. The Morgan fingerprint density at radius 1 is 1.03 bits per heavy atom. The second-order valence-corrected chi connectivity index (χ2v) is 8.54. The molecule has 0 spiro atoms. The van der Waals surface area contributed by atoms with Gasteiger partial charge in [0.1, 0.15) is 5.75 Å². The number of ether oxygens (including phenoxy) is 2. The van der Waals surface area contributed by atoms with Crippen LogP contribution in [-0.2, 0) is 16.0 Å². The van der Waals surface area contributed by atoms with E-state index in [-0.39, 0.29) is 17.9 Å². The van der Waals surface area contributed by atoms with Gasteiger partial charge in [-0.15, -0.1) is 0 Å². The van der Waals surface area contributed by atoms with Crippen LogP contribution < -0.4 is 4.74 Å². The van der Waals surface area contributed by atoms with Gasteiger partial charge in [-0.2, -0.15) is 0 Å². The molecule has 0 bridgehead atoms. The van der Waals surface area contributed by atoms with Crippen molar-refractivity contribution in [3.63, 3.8) is 0 Å². The van der Waals surface area contributed by atoms with Crippen molar-refractivity contribution >= 4 is 22.9 Å². The first kappa shape index (κ1) is 23.7. The average molecular weight is 464 g/mol. The number of nitrogens with one attached hydrogen (secondary N) is 1. The zero-order valence-electron chi connectivity index (χ0n) is 20.2. The Balaban J connectivity index is 1.60. The molecule has 1 aromatic heterocycles. The SMILES string of the molecule is CCOC(=O)N1CCN(C(=O)CC(c2cccc(OC)c2)c2c[nH]c3c(CC)cccc23)CC1. The standard InChI is InChI=1S/C27H33N3O4/c1-4-19-8-7-11-22-24(18-28-26(19)22)23(20-9-6-10-21(16-20)33-3)17-25(31)29-12-14-30(15-13-29)27(32)34-5-2/h6-11,16,18,23,28H,4-5,12-15,17H2,1-3H3. The van der Waals surface area contributed by atoms with E-state index in [9.17, 15) is 9.59 Å².